The van der Waals surface area contributed by atoms with Crippen molar-refractivity contribution >= 4 is 21.9 Å². The topological polar surface area (TPSA) is 80.7 Å². The molecule has 6 rings (SSSR count). The van der Waals surface area contributed by atoms with E-state index in [1.165, 1.54) is 11.1 Å². The summed E-state index contributed by atoms with van der Waals surface area (Å²) in [5.41, 5.74) is 4.39. The molecule has 2 saturated heterocycles. The molecule has 2 aromatic carbocycles. The van der Waals surface area contributed by atoms with Crippen LogP contribution >= 0.6 is 0 Å². The van der Waals surface area contributed by atoms with E-state index < -0.39 is 0 Å². The Morgan fingerprint density at radius 2 is 1.44 bits per heavy atom. The molecule has 8 heteroatoms. The summed E-state index contributed by atoms with van der Waals surface area (Å²) in [6.07, 6.45) is 7.65. The SMILES string of the molecule is OC1CCN(CCCOCCc2ccc3oc(COC4CCN(CCCOCCc5ccc6occc6c5)C4)cc3c2)C1. The molecule has 0 saturated carbocycles. The van der Waals surface area contributed by atoms with E-state index in [0.717, 1.165) is 132 Å². The molecule has 0 spiro atoms. The zero-order valence-corrected chi connectivity index (χ0v) is 25.3. The van der Waals surface area contributed by atoms with E-state index in [9.17, 15) is 5.11 Å². The van der Waals surface area contributed by atoms with Gasteiger partial charge < -0.3 is 38.0 Å². The van der Waals surface area contributed by atoms with Crippen LogP contribution in [0.4, 0.5) is 0 Å². The molecule has 43 heavy (non-hydrogen) atoms. The molecule has 0 radical (unpaired) electrons. The second-order valence-electron chi connectivity index (χ2n) is 12.1. The van der Waals surface area contributed by atoms with Gasteiger partial charge in [0, 0.05) is 63.3 Å². The van der Waals surface area contributed by atoms with Gasteiger partial charge in [-0.15, -0.1) is 0 Å². The Balaban J connectivity index is 0.823. The van der Waals surface area contributed by atoms with E-state index in [0.29, 0.717) is 6.61 Å². The fourth-order valence-corrected chi connectivity index (χ4v) is 6.26. The number of β-amino-alcohol motifs (C(OH)–C–C–N with tert-alkyl or cyclic N) is 1. The summed E-state index contributed by atoms with van der Waals surface area (Å²) in [6.45, 7) is 9.41. The van der Waals surface area contributed by atoms with E-state index >= 15 is 0 Å². The third-order valence-corrected chi connectivity index (χ3v) is 8.68. The number of ether oxygens (including phenoxy) is 3. The quantitative estimate of drug-likeness (QED) is 0.163. The van der Waals surface area contributed by atoms with E-state index in [4.69, 9.17) is 23.0 Å². The Morgan fingerprint density at radius 3 is 2.19 bits per heavy atom. The van der Waals surface area contributed by atoms with Crippen molar-refractivity contribution in [3.05, 3.63) is 71.7 Å². The number of likely N-dealkylation sites (tertiary alicyclic amines) is 2. The van der Waals surface area contributed by atoms with E-state index in [1.807, 2.05) is 12.1 Å². The van der Waals surface area contributed by atoms with Gasteiger partial charge in [0.05, 0.1) is 31.7 Å². The Labute approximate surface area is 254 Å². The number of rotatable bonds is 17. The molecule has 2 aromatic heterocycles. The van der Waals surface area contributed by atoms with Crippen molar-refractivity contribution in [1.82, 2.24) is 9.80 Å². The molecule has 2 atom stereocenters. The highest BCUT2D eigenvalue weighted by molar-refractivity contribution is 5.79. The number of nitrogens with zero attached hydrogens (tertiary/aromatic N) is 2. The Morgan fingerprint density at radius 1 is 0.744 bits per heavy atom. The lowest BCUT2D eigenvalue weighted by atomic mass is 10.1. The predicted molar refractivity (Wildman–Crippen MR) is 167 cm³/mol. The third kappa shape index (κ3) is 8.91. The first-order valence-corrected chi connectivity index (χ1v) is 16.1. The maximum Gasteiger partial charge on any atom is 0.134 e. The third-order valence-electron chi connectivity index (χ3n) is 8.68. The maximum absolute atomic E-state index is 9.62. The minimum atomic E-state index is -0.146. The van der Waals surface area contributed by atoms with Gasteiger partial charge in [0.25, 0.3) is 0 Å². The fourth-order valence-electron chi connectivity index (χ4n) is 6.26. The van der Waals surface area contributed by atoms with Crippen molar-refractivity contribution in [3.63, 3.8) is 0 Å². The summed E-state index contributed by atoms with van der Waals surface area (Å²) in [7, 11) is 0. The number of hydrogen-bond donors (Lipinski definition) is 1. The molecular weight excluding hydrogens is 544 g/mol. The highest BCUT2D eigenvalue weighted by atomic mass is 16.5. The molecule has 4 heterocycles. The van der Waals surface area contributed by atoms with Crippen molar-refractivity contribution in [2.75, 3.05) is 65.7 Å². The van der Waals surface area contributed by atoms with Crippen LogP contribution in [-0.4, -0.2) is 92.8 Å². The Kier molecular flexibility index (Phi) is 10.8. The van der Waals surface area contributed by atoms with Crippen LogP contribution < -0.4 is 0 Å². The van der Waals surface area contributed by atoms with Crippen molar-refractivity contribution < 1.29 is 28.2 Å². The van der Waals surface area contributed by atoms with Gasteiger partial charge in [-0.2, -0.15) is 0 Å². The number of aliphatic hydroxyl groups excluding tert-OH is 1. The van der Waals surface area contributed by atoms with Gasteiger partial charge in [0.1, 0.15) is 23.5 Å². The minimum Gasteiger partial charge on any atom is -0.464 e. The summed E-state index contributed by atoms with van der Waals surface area (Å²) in [4.78, 5) is 4.79. The number of hydrogen-bond acceptors (Lipinski definition) is 8. The number of fused-ring (bicyclic) bond motifs is 2. The largest absolute Gasteiger partial charge is 0.464 e. The highest BCUT2D eigenvalue weighted by Crippen LogP contribution is 2.23. The van der Waals surface area contributed by atoms with E-state index in [2.05, 4.69) is 46.2 Å². The van der Waals surface area contributed by atoms with Crippen LogP contribution in [0.15, 0.2) is 63.6 Å². The smallest absolute Gasteiger partial charge is 0.134 e. The summed E-state index contributed by atoms with van der Waals surface area (Å²) in [5, 5.41) is 11.9. The second kappa shape index (κ2) is 15.3. The molecule has 0 aliphatic carbocycles. The normalized spacial score (nSPS) is 19.8. The van der Waals surface area contributed by atoms with Crippen LogP contribution in [-0.2, 0) is 33.7 Å². The van der Waals surface area contributed by atoms with Crippen molar-refractivity contribution in [2.45, 2.75) is 57.3 Å². The molecule has 232 valence electrons. The van der Waals surface area contributed by atoms with Crippen LogP contribution in [0.2, 0.25) is 0 Å². The van der Waals surface area contributed by atoms with Crippen LogP contribution in [0.1, 0.15) is 42.6 Å². The molecule has 0 amide bonds. The van der Waals surface area contributed by atoms with Gasteiger partial charge in [-0.05, 0) is 86.1 Å². The van der Waals surface area contributed by atoms with Crippen LogP contribution in [0.25, 0.3) is 21.9 Å². The second-order valence-corrected chi connectivity index (χ2v) is 12.1. The molecule has 2 aliphatic rings. The molecule has 2 fully saturated rings. The van der Waals surface area contributed by atoms with Gasteiger partial charge in [-0.1, -0.05) is 12.1 Å². The zero-order valence-electron chi connectivity index (χ0n) is 25.3. The predicted octanol–water partition coefficient (Wildman–Crippen LogP) is 5.44. The monoisotopic (exact) mass is 590 g/mol. The summed E-state index contributed by atoms with van der Waals surface area (Å²) in [6, 6.07) is 16.8. The minimum absolute atomic E-state index is 0.146. The molecule has 1 N–H and O–H groups in total. The average Bonchev–Trinajstić information content (AvgIpc) is 3.82. The molecule has 2 unspecified atom stereocenters. The van der Waals surface area contributed by atoms with Crippen molar-refractivity contribution in [1.29, 1.82) is 0 Å². The van der Waals surface area contributed by atoms with Crippen LogP contribution in [0, 0.1) is 0 Å². The van der Waals surface area contributed by atoms with Crippen molar-refractivity contribution in [2.24, 2.45) is 0 Å². The van der Waals surface area contributed by atoms with Gasteiger partial charge in [-0.3, -0.25) is 0 Å². The summed E-state index contributed by atoms with van der Waals surface area (Å²) < 4.78 is 29.5. The Bertz CT molecular complexity index is 1420. The van der Waals surface area contributed by atoms with Gasteiger partial charge in [0.2, 0.25) is 0 Å². The lowest BCUT2D eigenvalue weighted by Crippen LogP contribution is -2.25. The number of aliphatic hydroxyl groups is 1. The van der Waals surface area contributed by atoms with Gasteiger partial charge in [-0.25, -0.2) is 0 Å². The van der Waals surface area contributed by atoms with E-state index in [1.54, 1.807) is 6.26 Å². The lowest BCUT2D eigenvalue weighted by molar-refractivity contribution is 0.0368. The lowest BCUT2D eigenvalue weighted by Gasteiger charge is -2.16. The Hall–Kier alpha value is -2.72. The molecule has 0 bridgehead atoms. The first kappa shape index (κ1) is 30.3. The van der Waals surface area contributed by atoms with Crippen molar-refractivity contribution in [3.8, 4) is 0 Å². The van der Waals surface area contributed by atoms with Crippen LogP contribution in [0.5, 0.6) is 0 Å². The molecule has 2 aliphatic heterocycles. The number of furan rings is 2. The summed E-state index contributed by atoms with van der Waals surface area (Å²) >= 11 is 0. The molecular formula is C35H46N2O6. The van der Waals surface area contributed by atoms with Crippen LogP contribution in [0.3, 0.4) is 0 Å². The van der Waals surface area contributed by atoms with Gasteiger partial charge in [0.15, 0.2) is 0 Å². The standard InChI is InChI=1S/C35H46N2O6/c38-31-7-14-36(24-31)12-1-16-39-19-10-28-4-6-35-30(22-28)23-33(43-35)26-42-32-8-15-37(25-32)13-2-17-40-18-9-27-3-5-34-29(21-27)11-20-41-34/h3-6,11,20-23,31-32,38H,1-2,7-10,12-19,24-26H2. The van der Waals surface area contributed by atoms with E-state index in [-0.39, 0.29) is 12.2 Å². The first-order valence-electron chi connectivity index (χ1n) is 16.1. The molecule has 8 nitrogen and oxygen atoms in total. The average molecular weight is 591 g/mol. The summed E-state index contributed by atoms with van der Waals surface area (Å²) in [5.74, 6) is 0.884. The first-order chi connectivity index (χ1) is 21.2. The zero-order chi connectivity index (χ0) is 29.3. The molecule has 4 aromatic rings. The maximum atomic E-state index is 9.62. The number of benzene rings is 2. The highest BCUT2D eigenvalue weighted by Gasteiger charge is 2.23. The fraction of sp³-hybridized carbons (Fsp3) is 0.543. The van der Waals surface area contributed by atoms with Gasteiger partial charge >= 0.3 is 0 Å².